The molecular weight excluding hydrogens is 514 g/mol. The van der Waals surface area contributed by atoms with Gasteiger partial charge in [0.25, 0.3) is 5.91 Å². The number of amides is 1. The van der Waals surface area contributed by atoms with Crippen LogP contribution >= 0.6 is 11.6 Å². The molecule has 1 amide bonds. The Hall–Kier alpha value is -3.66. The number of benzene rings is 2. The molecule has 39 heavy (non-hydrogen) atoms. The molecule has 0 saturated carbocycles. The lowest BCUT2D eigenvalue weighted by Crippen LogP contribution is -2.42. The Labute approximate surface area is 233 Å². The second-order valence-corrected chi connectivity index (χ2v) is 10.6. The molecule has 0 bridgehead atoms. The summed E-state index contributed by atoms with van der Waals surface area (Å²) in [5.74, 6) is 1.14. The first-order valence-electron chi connectivity index (χ1n) is 13.1. The molecule has 0 aliphatic carbocycles. The first kappa shape index (κ1) is 26.9. The Morgan fingerprint density at radius 3 is 2.67 bits per heavy atom. The molecule has 204 valence electrons. The minimum Gasteiger partial charge on any atom is -0.484 e. The van der Waals surface area contributed by atoms with Gasteiger partial charge in [-0.1, -0.05) is 41.9 Å². The number of fused-ring (bicyclic) bond motifs is 1. The molecule has 2 aromatic heterocycles. The van der Waals surface area contributed by atoms with E-state index in [2.05, 4.69) is 50.2 Å². The van der Waals surface area contributed by atoms with E-state index in [-0.39, 0.29) is 18.1 Å². The number of rotatable bonds is 11. The van der Waals surface area contributed by atoms with E-state index in [1.165, 1.54) is 5.56 Å². The monoisotopic (exact) mass is 547 g/mol. The van der Waals surface area contributed by atoms with Crippen LogP contribution in [0.2, 0.25) is 5.02 Å². The third-order valence-electron chi connectivity index (χ3n) is 6.87. The standard InChI is InChI=1S/C29H34ClN7O2/c1-37(2)15-14-32-24(38)18-39-22-10-8-21(9-11-22)27-34-26-25(23(30)17-33-28(26)35-27)36-29(12-13-31-19-29)16-20-6-4-3-5-7-20/h3-11,17,31H,12-16,18-19H2,1-2H3,(H,32,38)(H2,33,34,35,36)/t29-/m0/s1. The van der Waals surface area contributed by atoms with Gasteiger partial charge in [0.1, 0.15) is 17.1 Å². The van der Waals surface area contributed by atoms with Gasteiger partial charge in [-0.25, -0.2) is 9.97 Å². The number of carbonyl (C=O) groups is 1. The molecule has 4 aromatic rings. The number of hydrogen-bond donors (Lipinski definition) is 4. The molecule has 3 heterocycles. The Kier molecular flexibility index (Phi) is 8.30. The van der Waals surface area contributed by atoms with Crippen molar-refractivity contribution < 1.29 is 9.53 Å². The van der Waals surface area contributed by atoms with Crippen molar-refractivity contribution in [2.75, 3.05) is 52.2 Å². The Balaban J connectivity index is 1.31. The maximum atomic E-state index is 12.0. The normalized spacial score (nSPS) is 17.0. The highest BCUT2D eigenvalue weighted by atomic mass is 35.5. The van der Waals surface area contributed by atoms with Crippen molar-refractivity contribution in [3.8, 4) is 17.1 Å². The number of pyridine rings is 1. The smallest absolute Gasteiger partial charge is 0.257 e. The Bertz CT molecular complexity index is 1400. The van der Waals surface area contributed by atoms with E-state index in [0.717, 1.165) is 49.2 Å². The zero-order valence-corrected chi connectivity index (χ0v) is 23.0. The fourth-order valence-corrected chi connectivity index (χ4v) is 5.01. The summed E-state index contributed by atoms with van der Waals surface area (Å²) < 4.78 is 5.64. The number of nitrogens with one attached hydrogen (secondary N) is 4. The van der Waals surface area contributed by atoms with Crippen LogP contribution in [-0.2, 0) is 11.2 Å². The summed E-state index contributed by atoms with van der Waals surface area (Å²) in [7, 11) is 3.92. The van der Waals surface area contributed by atoms with Gasteiger partial charge in [0.2, 0.25) is 0 Å². The van der Waals surface area contributed by atoms with Crippen molar-refractivity contribution in [2.45, 2.75) is 18.4 Å². The van der Waals surface area contributed by atoms with E-state index in [1.807, 2.05) is 49.3 Å². The maximum Gasteiger partial charge on any atom is 0.257 e. The largest absolute Gasteiger partial charge is 0.484 e. The van der Waals surface area contributed by atoms with Crippen molar-refractivity contribution >= 4 is 34.4 Å². The van der Waals surface area contributed by atoms with Crippen LogP contribution in [0.5, 0.6) is 5.75 Å². The number of ether oxygens (including phenoxy) is 1. The predicted molar refractivity (Wildman–Crippen MR) is 155 cm³/mol. The highest BCUT2D eigenvalue weighted by Gasteiger charge is 2.35. The van der Waals surface area contributed by atoms with Crippen molar-refractivity contribution in [3.63, 3.8) is 0 Å². The number of H-pyrrole nitrogens is 1. The molecule has 2 aromatic carbocycles. The summed E-state index contributed by atoms with van der Waals surface area (Å²) in [6.07, 6.45) is 3.49. The van der Waals surface area contributed by atoms with Gasteiger partial charge in [0, 0.05) is 25.2 Å². The number of imidazole rings is 1. The molecule has 4 N–H and O–H groups in total. The van der Waals surface area contributed by atoms with Gasteiger partial charge < -0.3 is 30.6 Å². The average molecular weight is 548 g/mol. The molecule has 1 aliphatic rings. The lowest BCUT2D eigenvalue weighted by Gasteiger charge is -2.31. The Morgan fingerprint density at radius 2 is 1.95 bits per heavy atom. The van der Waals surface area contributed by atoms with Gasteiger partial charge in [-0.2, -0.15) is 0 Å². The fraction of sp³-hybridized carbons (Fsp3) is 0.345. The van der Waals surface area contributed by atoms with E-state index in [1.54, 1.807) is 6.20 Å². The van der Waals surface area contributed by atoms with Gasteiger partial charge >= 0.3 is 0 Å². The van der Waals surface area contributed by atoms with E-state index < -0.39 is 0 Å². The number of hydrogen-bond acceptors (Lipinski definition) is 7. The van der Waals surface area contributed by atoms with E-state index in [0.29, 0.717) is 28.8 Å². The quantitative estimate of drug-likeness (QED) is 0.227. The van der Waals surface area contributed by atoms with Crippen molar-refractivity contribution in [1.29, 1.82) is 0 Å². The number of carbonyl (C=O) groups excluding carboxylic acids is 1. The van der Waals surface area contributed by atoms with Crippen LogP contribution in [-0.4, -0.2) is 78.2 Å². The van der Waals surface area contributed by atoms with Crippen LogP contribution in [0.25, 0.3) is 22.6 Å². The number of halogens is 1. The second kappa shape index (κ2) is 12.0. The number of anilines is 1. The zero-order chi connectivity index (χ0) is 27.2. The summed E-state index contributed by atoms with van der Waals surface area (Å²) in [5, 5.41) is 10.7. The van der Waals surface area contributed by atoms with E-state index in [9.17, 15) is 4.79 Å². The van der Waals surface area contributed by atoms with Gasteiger partial charge in [-0.05, 0) is 63.3 Å². The van der Waals surface area contributed by atoms with Gasteiger partial charge in [0.15, 0.2) is 12.3 Å². The lowest BCUT2D eigenvalue weighted by atomic mass is 9.89. The first-order valence-corrected chi connectivity index (χ1v) is 13.5. The molecule has 1 fully saturated rings. The number of aromatic amines is 1. The maximum absolute atomic E-state index is 12.0. The van der Waals surface area contributed by atoms with Crippen LogP contribution in [0.3, 0.4) is 0 Å². The molecule has 1 aliphatic heterocycles. The third kappa shape index (κ3) is 6.68. The number of nitrogens with zero attached hydrogens (tertiary/aromatic N) is 3. The topological polar surface area (TPSA) is 107 Å². The summed E-state index contributed by atoms with van der Waals surface area (Å²) >= 11 is 6.69. The van der Waals surface area contributed by atoms with Crippen LogP contribution in [0.4, 0.5) is 5.69 Å². The molecule has 9 nitrogen and oxygen atoms in total. The fourth-order valence-electron chi connectivity index (χ4n) is 4.82. The van der Waals surface area contributed by atoms with Gasteiger partial charge in [-0.15, -0.1) is 0 Å². The van der Waals surface area contributed by atoms with Gasteiger partial charge in [0.05, 0.1) is 22.4 Å². The van der Waals surface area contributed by atoms with Crippen LogP contribution < -0.4 is 20.7 Å². The minimum atomic E-state index is -0.178. The molecule has 0 spiro atoms. The summed E-state index contributed by atoms with van der Waals surface area (Å²) in [6.45, 7) is 3.10. The molecular formula is C29H34ClN7O2. The van der Waals surface area contributed by atoms with Crippen molar-refractivity contribution in [1.82, 2.24) is 30.5 Å². The number of aromatic nitrogens is 3. The van der Waals surface area contributed by atoms with Crippen LogP contribution in [0, 0.1) is 0 Å². The molecule has 0 radical (unpaired) electrons. The third-order valence-corrected chi connectivity index (χ3v) is 7.16. The molecule has 10 heteroatoms. The van der Waals surface area contributed by atoms with Crippen LogP contribution in [0.1, 0.15) is 12.0 Å². The zero-order valence-electron chi connectivity index (χ0n) is 22.3. The lowest BCUT2D eigenvalue weighted by molar-refractivity contribution is -0.123. The van der Waals surface area contributed by atoms with Gasteiger partial charge in [-0.3, -0.25) is 4.79 Å². The summed E-state index contributed by atoms with van der Waals surface area (Å²) in [5.41, 5.74) is 4.13. The SMILES string of the molecule is CN(C)CCNC(=O)COc1ccc(-c2nc3ncc(Cl)c(N[C@]4(Cc5ccccc5)CCNC4)c3[nH]2)cc1. The van der Waals surface area contributed by atoms with E-state index in [4.69, 9.17) is 21.3 Å². The predicted octanol–water partition coefficient (Wildman–Crippen LogP) is 3.72. The molecule has 5 rings (SSSR count). The average Bonchev–Trinajstić information content (AvgIpc) is 3.57. The highest BCUT2D eigenvalue weighted by Crippen LogP contribution is 2.35. The summed E-state index contributed by atoms with van der Waals surface area (Å²) in [4.78, 5) is 26.6. The minimum absolute atomic E-state index is 0.0333. The van der Waals surface area contributed by atoms with Crippen molar-refractivity contribution in [3.05, 3.63) is 71.4 Å². The number of likely N-dealkylation sites (N-methyl/N-ethyl adjacent to an activating group) is 1. The second-order valence-electron chi connectivity index (χ2n) is 10.2. The molecule has 0 unspecified atom stereocenters. The van der Waals surface area contributed by atoms with E-state index >= 15 is 0 Å². The Morgan fingerprint density at radius 1 is 1.15 bits per heavy atom. The van der Waals surface area contributed by atoms with Crippen LogP contribution in [0.15, 0.2) is 60.8 Å². The first-order chi connectivity index (χ1) is 18.9. The highest BCUT2D eigenvalue weighted by molar-refractivity contribution is 6.34. The molecule has 1 saturated heterocycles. The molecule has 1 atom stereocenters. The summed E-state index contributed by atoms with van der Waals surface area (Å²) in [6, 6.07) is 18.0. The van der Waals surface area contributed by atoms with Crippen molar-refractivity contribution in [2.24, 2.45) is 0 Å².